The second-order valence-electron chi connectivity index (χ2n) is 5.17. The average Bonchev–Trinajstić information content (AvgIpc) is 2.43. The van der Waals surface area contributed by atoms with E-state index in [2.05, 4.69) is 22.9 Å². The van der Waals surface area contributed by atoms with Gasteiger partial charge in [-0.1, -0.05) is 61.4 Å². The molecule has 2 nitrogen and oxygen atoms in total. The molecule has 0 amide bonds. The molecule has 0 aromatic heterocycles. The molecule has 0 saturated carbocycles. The highest BCUT2D eigenvalue weighted by molar-refractivity contribution is 9.10. The van der Waals surface area contributed by atoms with Crippen LogP contribution in [0.1, 0.15) is 69.2 Å². The third kappa shape index (κ3) is 6.56. The summed E-state index contributed by atoms with van der Waals surface area (Å²) in [5.74, 6) is 0.743. The van der Waals surface area contributed by atoms with Gasteiger partial charge in [-0.2, -0.15) is 0 Å². The van der Waals surface area contributed by atoms with Gasteiger partial charge >= 0.3 is 0 Å². The van der Waals surface area contributed by atoms with Gasteiger partial charge in [0.1, 0.15) is 5.75 Å². The number of ether oxygens (including phenoxy) is 1. The van der Waals surface area contributed by atoms with E-state index in [1.807, 2.05) is 18.2 Å². The maximum Gasteiger partial charge on any atom is 0.163 e. The van der Waals surface area contributed by atoms with Gasteiger partial charge in [0.2, 0.25) is 0 Å². The zero-order valence-electron chi connectivity index (χ0n) is 12.6. The molecule has 0 saturated heterocycles. The summed E-state index contributed by atoms with van der Waals surface area (Å²) in [7, 11) is 0. The van der Waals surface area contributed by atoms with Crippen LogP contribution in [0.5, 0.6) is 5.75 Å². The van der Waals surface area contributed by atoms with E-state index in [1.54, 1.807) is 6.92 Å². The topological polar surface area (TPSA) is 26.3 Å². The van der Waals surface area contributed by atoms with Crippen molar-refractivity contribution < 1.29 is 9.53 Å². The van der Waals surface area contributed by atoms with Crippen LogP contribution in [0.3, 0.4) is 0 Å². The number of Topliss-reactive ketones (excluding diaryl/α,β-unsaturated/α-hetero) is 1. The van der Waals surface area contributed by atoms with E-state index in [1.165, 1.54) is 38.5 Å². The van der Waals surface area contributed by atoms with Crippen LogP contribution in [0.15, 0.2) is 22.7 Å². The van der Waals surface area contributed by atoms with Crippen molar-refractivity contribution in [2.75, 3.05) is 6.61 Å². The van der Waals surface area contributed by atoms with Gasteiger partial charge in [-0.05, 0) is 31.5 Å². The maximum absolute atomic E-state index is 11.6. The maximum atomic E-state index is 11.6. The second-order valence-corrected chi connectivity index (χ2v) is 6.08. The molecule has 0 heterocycles. The Morgan fingerprint density at radius 1 is 1.10 bits per heavy atom. The van der Waals surface area contributed by atoms with E-state index in [0.29, 0.717) is 17.9 Å². The summed E-state index contributed by atoms with van der Waals surface area (Å²) in [6.45, 7) is 4.50. The van der Waals surface area contributed by atoms with Gasteiger partial charge < -0.3 is 4.74 Å². The summed E-state index contributed by atoms with van der Waals surface area (Å²) in [4.78, 5) is 11.6. The number of unbranched alkanes of at least 4 members (excludes halogenated alkanes) is 6. The number of carbonyl (C=O) groups is 1. The normalized spacial score (nSPS) is 10.6. The molecule has 0 fully saturated rings. The highest BCUT2D eigenvalue weighted by Gasteiger charge is 2.08. The molecule has 0 radical (unpaired) electrons. The standard InChI is InChI=1S/C17H25BrO2/c1-3-4-5-6-7-8-9-12-20-17-11-10-15(18)13-16(17)14(2)19/h10-11,13H,3-9,12H2,1-2H3. The lowest BCUT2D eigenvalue weighted by Gasteiger charge is -2.10. The Bertz CT molecular complexity index is 415. The molecule has 0 aliphatic heterocycles. The Balaban J connectivity index is 2.27. The molecule has 0 aliphatic carbocycles. The lowest BCUT2D eigenvalue weighted by Crippen LogP contribution is -2.03. The number of rotatable bonds is 10. The number of benzene rings is 1. The van der Waals surface area contributed by atoms with Gasteiger partial charge in [0.15, 0.2) is 5.78 Å². The van der Waals surface area contributed by atoms with Crippen molar-refractivity contribution in [1.82, 2.24) is 0 Å². The highest BCUT2D eigenvalue weighted by Crippen LogP contribution is 2.24. The third-order valence-electron chi connectivity index (χ3n) is 3.33. The van der Waals surface area contributed by atoms with Crippen LogP contribution in [0, 0.1) is 0 Å². The van der Waals surface area contributed by atoms with Crippen LogP contribution in [-0.4, -0.2) is 12.4 Å². The summed E-state index contributed by atoms with van der Waals surface area (Å²) in [6.07, 6.45) is 8.85. The van der Waals surface area contributed by atoms with E-state index < -0.39 is 0 Å². The zero-order chi connectivity index (χ0) is 14.8. The van der Waals surface area contributed by atoms with E-state index in [0.717, 1.165) is 10.9 Å². The summed E-state index contributed by atoms with van der Waals surface area (Å²) >= 11 is 3.38. The van der Waals surface area contributed by atoms with Gasteiger partial charge in [0.25, 0.3) is 0 Å². The first kappa shape index (κ1) is 17.2. The van der Waals surface area contributed by atoms with Crippen molar-refractivity contribution >= 4 is 21.7 Å². The summed E-state index contributed by atoms with van der Waals surface area (Å²) in [6, 6.07) is 5.59. The molecular formula is C17H25BrO2. The van der Waals surface area contributed by atoms with Crippen molar-refractivity contribution in [2.45, 2.75) is 58.8 Å². The van der Waals surface area contributed by atoms with Crippen LogP contribution in [0.4, 0.5) is 0 Å². The van der Waals surface area contributed by atoms with E-state index >= 15 is 0 Å². The largest absolute Gasteiger partial charge is 0.493 e. The second kappa shape index (κ2) is 9.98. The molecule has 0 unspecified atom stereocenters. The lowest BCUT2D eigenvalue weighted by atomic mass is 10.1. The van der Waals surface area contributed by atoms with Crippen molar-refractivity contribution in [3.8, 4) is 5.75 Å². The first-order valence-corrected chi connectivity index (χ1v) is 8.37. The molecule has 1 rings (SSSR count). The summed E-state index contributed by atoms with van der Waals surface area (Å²) in [5.41, 5.74) is 0.655. The minimum Gasteiger partial charge on any atom is -0.493 e. The van der Waals surface area contributed by atoms with Gasteiger partial charge in [0.05, 0.1) is 12.2 Å². The van der Waals surface area contributed by atoms with Gasteiger partial charge in [-0.15, -0.1) is 0 Å². The smallest absolute Gasteiger partial charge is 0.163 e. The van der Waals surface area contributed by atoms with Crippen molar-refractivity contribution in [3.05, 3.63) is 28.2 Å². The van der Waals surface area contributed by atoms with E-state index in [9.17, 15) is 4.79 Å². The fourth-order valence-electron chi connectivity index (χ4n) is 2.14. The molecule has 0 N–H and O–H groups in total. The fraction of sp³-hybridized carbons (Fsp3) is 0.588. The third-order valence-corrected chi connectivity index (χ3v) is 3.82. The zero-order valence-corrected chi connectivity index (χ0v) is 14.2. The molecule has 1 aromatic rings. The van der Waals surface area contributed by atoms with E-state index in [4.69, 9.17) is 4.74 Å². The summed E-state index contributed by atoms with van der Waals surface area (Å²) in [5, 5.41) is 0. The summed E-state index contributed by atoms with van der Waals surface area (Å²) < 4.78 is 6.65. The van der Waals surface area contributed by atoms with Crippen molar-refractivity contribution in [2.24, 2.45) is 0 Å². The number of hydrogen-bond donors (Lipinski definition) is 0. The Morgan fingerprint density at radius 2 is 1.75 bits per heavy atom. The molecule has 3 heteroatoms. The van der Waals surface area contributed by atoms with Crippen molar-refractivity contribution in [3.63, 3.8) is 0 Å². The molecule has 0 aliphatic rings. The molecule has 0 bridgehead atoms. The Hall–Kier alpha value is -0.830. The first-order valence-electron chi connectivity index (χ1n) is 7.58. The Kier molecular flexibility index (Phi) is 8.59. The fourth-order valence-corrected chi connectivity index (χ4v) is 2.51. The molecular weight excluding hydrogens is 316 g/mol. The number of carbonyl (C=O) groups excluding carboxylic acids is 1. The number of halogens is 1. The molecule has 112 valence electrons. The molecule has 0 spiro atoms. The van der Waals surface area contributed by atoms with Gasteiger partial charge in [-0.25, -0.2) is 0 Å². The van der Waals surface area contributed by atoms with Gasteiger partial charge in [0, 0.05) is 4.47 Å². The minimum atomic E-state index is 0.0425. The van der Waals surface area contributed by atoms with E-state index in [-0.39, 0.29) is 5.78 Å². The Labute approximate surface area is 131 Å². The van der Waals surface area contributed by atoms with Crippen LogP contribution < -0.4 is 4.74 Å². The monoisotopic (exact) mass is 340 g/mol. The molecule has 1 aromatic carbocycles. The average molecular weight is 341 g/mol. The minimum absolute atomic E-state index is 0.0425. The predicted octanol–water partition coefficient (Wildman–Crippen LogP) is 5.78. The van der Waals surface area contributed by atoms with Crippen molar-refractivity contribution in [1.29, 1.82) is 0 Å². The number of ketones is 1. The highest BCUT2D eigenvalue weighted by atomic mass is 79.9. The van der Waals surface area contributed by atoms with Gasteiger partial charge in [-0.3, -0.25) is 4.79 Å². The molecule has 20 heavy (non-hydrogen) atoms. The van der Waals surface area contributed by atoms with Crippen LogP contribution in [0.2, 0.25) is 0 Å². The quantitative estimate of drug-likeness (QED) is 0.398. The Morgan fingerprint density at radius 3 is 2.40 bits per heavy atom. The lowest BCUT2D eigenvalue weighted by molar-refractivity contribution is 0.101. The molecule has 0 atom stereocenters. The van der Waals surface area contributed by atoms with Crippen LogP contribution >= 0.6 is 15.9 Å². The predicted molar refractivity (Wildman–Crippen MR) is 87.6 cm³/mol. The SMILES string of the molecule is CCCCCCCCCOc1ccc(Br)cc1C(C)=O. The van der Waals surface area contributed by atoms with Crippen LogP contribution in [-0.2, 0) is 0 Å². The van der Waals surface area contributed by atoms with Crippen LogP contribution in [0.25, 0.3) is 0 Å². The first-order chi connectivity index (χ1) is 9.65. The number of hydrogen-bond acceptors (Lipinski definition) is 2.